The number of hydrogen-bond acceptors (Lipinski definition) is 3. The molecule has 0 spiro atoms. The predicted molar refractivity (Wildman–Crippen MR) is 96.5 cm³/mol. The maximum Gasteiger partial charge on any atom is 0.252 e. The summed E-state index contributed by atoms with van der Waals surface area (Å²) in [6.45, 7) is 0.836. The Balaban J connectivity index is 1.63. The minimum absolute atomic E-state index is 0.326. The van der Waals surface area contributed by atoms with Crippen molar-refractivity contribution in [2.45, 2.75) is 13.2 Å². The normalized spacial score (nSPS) is 10.2. The van der Waals surface area contributed by atoms with E-state index >= 15 is 0 Å². The van der Waals surface area contributed by atoms with Crippen molar-refractivity contribution in [3.8, 4) is 11.5 Å². The molecule has 3 aromatic carbocycles. The molecule has 3 rings (SSSR count). The molecule has 4 nitrogen and oxygen atoms in total. The SMILES string of the molecule is NC(=O)c1ccccc1OCc1cccc(OCc2ccccc2)c1. The van der Waals surface area contributed by atoms with Crippen LogP contribution in [-0.2, 0) is 13.2 Å². The van der Waals surface area contributed by atoms with Gasteiger partial charge in [-0.15, -0.1) is 0 Å². The zero-order chi connectivity index (χ0) is 17.5. The van der Waals surface area contributed by atoms with Gasteiger partial charge in [-0.1, -0.05) is 54.6 Å². The first kappa shape index (κ1) is 16.6. The number of ether oxygens (including phenoxy) is 2. The number of hydrogen-bond donors (Lipinski definition) is 1. The molecule has 2 N–H and O–H groups in total. The molecule has 0 aliphatic heterocycles. The highest BCUT2D eigenvalue weighted by atomic mass is 16.5. The Hall–Kier alpha value is -3.27. The van der Waals surface area contributed by atoms with Gasteiger partial charge < -0.3 is 15.2 Å². The van der Waals surface area contributed by atoms with E-state index in [0.29, 0.717) is 24.5 Å². The van der Waals surface area contributed by atoms with Crippen molar-refractivity contribution in [2.24, 2.45) is 5.73 Å². The van der Waals surface area contributed by atoms with Crippen molar-refractivity contribution in [3.63, 3.8) is 0 Å². The lowest BCUT2D eigenvalue weighted by Gasteiger charge is -2.11. The Labute approximate surface area is 146 Å². The van der Waals surface area contributed by atoms with E-state index in [1.165, 1.54) is 0 Å². The molecule has 1 amide bonds. The Morgan fingerprint density at radius 1 is 0.760 bits per heavy atom. The average molecular weight is 333 g/mol. The Morgan fingerprint density at radius 2 is 1.44 bits per heavy atom. The molecule has 0 saturated heterocycles. The Bertz CT molecular complexity index is 847. The van der Waals surface area contributed by atoms with Gasteiger partial charge in [0.1, 0.15) is 24.7 Å². The molecule has 0 aliphatic rings. The number of para-hydroxylation sites is 1. The van der Waals surface area contributed by atoms with Gasteiger partial charge in [0, 0.05) is 0 Å². The van der Waals surface area contributed by atoms with Crippen molar-refractivity contribution >= 4 is 5.91 Å². The first-order valence-corrected chi connectivity index (χ1v) is 7.99. The van der Waals surface area contributed by atoms with Crippen molar-refractivity contribution in [1.82, 2.24) is 0 Å². The largest absolute Gasteiger partial charge is 0.489 e. The van der Waals surface area contributed by atoms with Crippen LogP contribution in [0, 0.1) is 0 Å². The minimum Gasteiger partial charge on any atom is -0.489 e. The molecule has 0 radical (unpaired) electrons. The molecule has 0 saturated carbocycles. The van der Waals surface area contributed by atoms with E-state index in [-0.39, 0.29) is 0 Å². The Kier molecular flexibility index (Phi) is 5.32. The summed E-state index contributed by atoms with van der Waals surface area (Å²) in [5, 5.41) is 0. The van der Waals surface area contributed by atoms with Crippen molar-refractivity contribution < 1.29 is 14.3 Å². The number of carbonyl (C=O) groups is 1. The van der Waals surface area contributed by atoms with E-state index in [1.807, 2.05) is 54.6 Å². The molecule has 126 valence electrons. The molecule has 3 aromatic rings. The van der Waals surface area contributed by atoms with Gasteiger partial charge in [-0.2, -0.15) is 0 Å². The van der Waals surface area contributed by atoms with E-state index < -0.39 is 5.91 Å². The lowest BCUT2D eigenvalue weighted by Crippen LogP contribution is -2.12. The third kappa shape index (κ3) is 4.61. The number of nitrogens with two attached hydrogens (primary N) is 1. The molecule has 0 aromatic heterocycles. The van der Waals surface area contributed by atoms with Gasteiger partial charge in [0.15, 0.2) is 0 Å². The second-order valence-electron chi connectivity index (χ2n) is 5.57. The second kappa shape index (κ2) is 8.02. The number of benzene rings is 3. The highest BCUT2D eigenvalue weighted by Crippen LogP contribution is 2.20. The highest BCUT2D eigenvalue weighted by molar-refractivity contribution is 5.95. The number of primary amides is 1. The summed E-state index contributed by atoms with van der Waals surface area (Å²) in [5.74, 6) is 0.745. The van der Waals surface area contributed by atoms with E-state index in [1.54, 1.807) is 24.3 Å². The average Bonchev–Trinajstić information content (AvgIpc) is 2.66. The molecule has 0 atom stereocenters. The molecule has 0 fully saturated rings. The monoisotopic (exact) mass is 333 g/mol. The lowest BCUT2D eigenvalue weighted by molar-refractivity contribution is 0.0996. The van der Waals surface area contributed by atoms with E-state index in [2.05, 4.69) is 0 Å². The summed E-state index contributed by atoms with van der Waals surface area (Å²) in [4.78, 5) is 11.4. The second-order valence-corrected chi connectivity index (χ2v) is 5.57. The topological polar surface area (TPSA) is 61.6 Å². The maximum atomic E-state index is 11.4. The Morgan fingerprint density at radius 3 is 2.24 bits per heavy atom. The van der Waals surface area contributed by atoms with Crippen LogP contribution in [-0.4, -0.2) is 5.91 Å². The summed E-state index contributed by atoms with van der Waals surface area (Å²) < 4.78 is 11.6. The van der Waals surface area contributed by atoms with Crippen molar-refractivity contribution in [1.29, 1.82) is 0 Å². The van der Waals surface area contributed by atoms with Crippen LogP contribution in [0.2, 0.25) is 0 Å². The molecular weight excluding hydrogens is 314 g/mol. The van der Waals surface area contributed by atoms with Crippen LogP contribution in [0.3, 0.4) is 0 Å². The maximum absolute atomic E-state index is 11.4. The van der Waals surface area contributed by atoms with Crippen LogP contribution >= 0.6 is 0 Å². The smallest absolute Gasteiger partial charge is 0.252 e. The van der Waals surface area contributed by atoms with Crippen molar-refractivity contribution in [3.05, 3.63) is 95.6 Å². The van der Waals surface area contributed by atoms with Crippen LogP contribution in [0.4, 0.5) is 0 Å². The van der Waals surface area contributed by atoms with Gasteiger partial charge in [-0.05, 0) is 35.4 Å². The molecule has 0 heterocycles. The summed E-state index contributed by atoms with van der Waals surface area (Å²) in [7, 11) is 0. The third-order valence-corrected chi connectivity index (χ3v) is 3.69. The fourth-order valence-electron chi connectivity index (χ4n) is 2.42. The summed E-state index contributed by atoms with van der Waals surface area (Å²) in [6, 6.07) is 24.6. The molecule has 0 unspecified atom stereocenters. The first-order valence-electron chi connectivity index (χ1n) is 7.99. The zero-order valence-electron chi connectivity index (χ0n) is 13.7. The molecule has 4 heteroatoms. The highest BCUT2D eigenvalue weighted by Gasteiger charge is 2.08. The number of carbonyl (C=O) groups excluding carboxylic acids is 1. The van der Waals surface area contributed by atoms with Gasteiger partial charge >= 0.3 is 0 Å². The number of amides is 1. The van der Waals surface area contributed by atoms with Crippen LogP contribution in [0.1, 0.15) is 21.5 Å². The van der Waals surface area contributed by atoms with Crippen LogP contribution in [0.25, 0.3) is 0 Å². The fourth-order valence-corrected chi connectivity index (χ4v) is 2.42. The van der Waals surface area contributed by atoms with E-state index in [9.17, 15) is 4.79 Å². The third-order valence-electron chi connectivity index (χ3n) is 3.69. The molecule has 25 heavy (non-hydrogen) atoms. The van der Waals surface area contributed by atoms with Crippen LogP contribution < -0.4 is 15.2 Å². The predicted octanol–water partition coefficient (Wildman–Crippen LogP) is 3.94. The van der Waals surface area contributed by atoms with E-state index in [0.717, 1.165) is 16.9 Å². The van der Waals surface area contributed by atoms with Crippen LogP contribution in [0.15, 0.2) is 78.9 Å². The minimum atomic E-state index is -0.504. The van der Waals surface area contributed by atoms with Gasteiger partial charge in [0.2, 0.25) is 0 Å². The molecular formula is C21H19NO3. The van der Waals surface area contributed by atoms with Gasteiger partial charge in [0.05, 0.1) is 5.56 Å². The fraction of sp³-hybridized carbons (Fsp3) is 0.0952. The van der Waals surface area contributed by atoms with Gasteiger partial charge in [-0.25, -0.2) is 0 Å². The molecule has 0 aliphatic carbocycles. The van der Waals surface area contributed by atoms with E-state index in [4.69, 9.17) is 15.2 Å². The number of rotatable bonds is 7. The van der Waals surface area contributed by atoms with Gasteiger partial charge in [-0.3, -0.25) is 4.79 Å². The van der Waals surface area contributed by atoms with Crippen LogP contribution in [0.5, 0.6) is 11.5 Å². The summed E-state index contributed by atoms with van der Waals surface area (Å²) >= 11 is 0. The van der Waals surface area contributed by atoms with Gasteiger partial charge in [0.25, 0.3) is 5.91 Å². The first-order chi connectivity index (χ1) is 12.2. The lowest BCUT2D eigenvalue weighted by atomic mass is 10.2. The standard InChI is InChI=1S/C21H19NO3/c22-21(23)19-11-4-5-12-20(19)25-15-17-9-6-10-18(13-17)24-14-16-7-2-1-3-8-16/h1-13H,14-15H2,(H2,22,23). The zero-order valence-corrected chi connectivity index (χ0v) is 13.7. The summed E-state index contributed by atoms with van der Waals surface area (Å²) in [6.07, 6.45) is 0. The van der Waals surface area contributed by atoms with Crippen molar-refractivity contribution in [2.75, 3.05) is 0 Å². The quantitative estimate of drug-likeness (QED) is 0.712. The molecule has 0 bridgehead atoms. The summed E-state index contributed by atoms with van der Waals surface area (Å²) in [5.41, 5.74) is 7.80.